The molecule has 0 aromatic heterocycles. The summed E-state index contributed by atoms with van der Waals surface area (Å²) in [5.41, 5.74) is 1.94. The standard InChI is InChI=1S/C30H38N2O2/c33-30(29-25-12-3-5-14-27(25)34-28-15-6-4-13-26(28)29)31-23-16-18-32(19-17-23)20-22-10-7-9-21-8-1-2-11-24(21)22/h3-6,12-15,21-24,29H,1-2,7-11,16-20H2,(H,31,33). The van der Waals surface area contributed by atoms with Crippen LogP contribution in [0.15, 0.2) is 48.5 Å². The average molecular weight is 459 g/mol. The lowest BCUT2D eigenvalue weighted by atomic mass is 9.65. The van der Waals surface area contributed by atoms with Gasteiger partial charge in [-0.3, -0.25) is 4.79 Å². The van der Waals surface area contributed by atoms with Gasteiger partial charge in [0, 0.05) is 36.8 Å². The smallest absolute Gasteiger partial charge is 0.232 e. The maximum absolute atomic E-state index is 13.6. The predicted octanol–water partition coefficient (Wildman–Crippen LogP) is 6.11. The number of para-hydroxylation sites is 2. The van der Waals surface area contributed by atoms with E-state index in [2.05, 4.69) is 10.2 Å². The molecule has 180 valence electrons. The number of rotatable bonds is 4. The lowest BCUT2D eigenvalue weighted by Gasteiger charge is -2.44. The molecule has 6 rings (SSSR count). The number of fused-ring (bicyclic) bond motifs is 3. The number of carbonyl (C=O) groups is 1. The van der Waals surface area contributed by atoms with Crippen LogP contribution in [0.4, 0.5) is 0 Å². The van der Waals surface area contributed by atoms with Crippen LogP contribution < -0.4 is 10.1 Å². The molecule has 0 bridgehead atoms. The van der Waals surface area contributed by atoms with Gasteiger partial charge in [-0.05, 0) is 55.6 Å². The molecule has 2 aliphatic carbocycles. The number of nitrogens with zero attached hydrogens (tertiary/aromatic N) is 1. The molecule has 4 aliphatic rings. The first kappa shape index (κ1) is 22.2. The van der Waals surface area contributed by atoms with E-state index in [1.807, 2.05) is 48.5 Å². The van der Waals surface area contributed by atoms with Crippen molar-refractivity contribution in [1.82, 2.24) is 10.2 Å². The second-order valence-corrected chi connectivity index (χ2v) is 11.1. The van der Waals surface area contributed by atoms with Crippen molar-refractivity contribution in [3.63, 3.8) is 0 Å². The third kappa shape index (κ3) is 4.37. The minimum atomic E-state index is -0.301. The predicted molar refractivity (Wildman–Crippen MR) is 135 cm³/mol. The van der Waals surface area contributed by atoms with Gasteiger partial charge in [0.2, 0.25) is 5.91 Å². The zero-order chi connectivity index (χ0) is 22.9. The number of hydrogen-bond donors (Lipinski definition) is 1. The van der Waals surface area contributed by atoms with Gasteiger partial charge >= 0.3 is 0 Å². The topological polar surface area (TPSA) is 41.6 Å². The number of likely N-dealkylation sites (tertiary alicyclic amines) is 1. The van der Waals surface area contributed by atoms with Crippen molar-refractivity contribution in [1.29, 1.82) is 0 Å². The molecule has 34 heavy (non-hydrogen) atoms. The summed E-state index contributed by atoms with van der Waals surface area (Å²) in [4.78, 5) is 16.3. The Kier molecular flexibility index (Phi) is 6.34. The van der Waals surface area contributed by atoms with Crippen LogP contribution in [0.5, 0.6) is 11.5 Å². The Hall–Kier alpha value is -2.33. The second kappa shape index (κ2) is 9.73. The molecule has 2 aromatic carbocycles. The van der Waals surface area contributed by atoms with Gasteiger partial charge in [-0.1, -0.05) is 68.5 Å². The first-order chi connectivity index (χ1) is 16.8. The van der Waals surface area contributed by atoms with Gasteiger partial charge in [0.25, 0.3) is 0 Å². The maximum atomic E-state index is 13.6. The first-order valence-electron chi connectivity index (χ1n) is 13.6. The van der Waals surface area contributed by atoms with E-state index in [1.54, 1.807) is 0 Å². The molecule has 1 amide bonds. The Labute approximate surface area is 204 Å². The molecule has 4 nitrogen and oxygen atoms in total. The third-order valence-corrected chi connectivity index (χ3v) is 9.09. The van der Waals surface area contributed by atoms with Gasteiger partial charge in [0.1, 0.15) is 11.5 Å². The minimum absolute atomic E-state index is 0.110. The third-order valence-electron chi connectivity index (χ3n) is 9.09. The molecule has 1 N–H and O–H groups in total. The Morgan fingerprint density at radius 3 is 2.21 bits per heavy atom. The molecular weight excluding hydrogens is 420 g/mol. The van der Waals surface area contributed by atoms with Crippen molar-refractivity contribution < 1.29 is 9.53 Å². The summed E-state index contributed by atoms with van der Waals surface area (Å²) in [5.74, 6) is 4.29. The number of ether oxygens (including phenoxy) is 1. The van der Waals surface area contributed by atoms with E-state index in [0.29, 0.717) is 0 Å². The quantitative estimate of drug-likeness (QED) is 0.601. The number of amides is 1. The van der Waals surface area contributed by atoms with E-state index in [0.717, 1.165) is 66.3 Å². The molecule has 0 radical (unpaired) electrons. The fourth-order valence-electron chi connectivity index (χ4n) is 7.37. The van der Waals surface area contributed by atoms with Crippen LogP contribution in [-0.2, 0) is 4.79 Å². The highest BCUT2D eigenvalue weighted by molar-refractivity contribution is 5.89. The van der Waals surface area contributed by atoms with Crippen LogP contribution in [-0.4, -0.2) is 36.5 Å². The van der Waals surface area contributed by atoms with Gasteiger partial charge in [0.05, 0.1) is 5.92 Å². The Bertz CT molecular complexity index is 965. The first-order valence-corrected chi connectivity index (χ1v) is 13.6. The van der Waals surface area contributed by atoms with E-state index >= 15 is 0 Å². The van der Waals surface area contributed by atoms with Crippen LogP contribution in [0.1, 0.15) is 74.8 Å². The normalized spacial score (nSPS) is 27.7. The highest BCUT2D eigenvalue weighted by Crippen LogP contribution is 2.45. The molecule has 3 atom stereocenters. The second-order valence-electron chi connectivity index (χ2n) is 11.1. The summed E-state index contributed by atoms with van der Waals surface area (Å²) < 4.78 is 6.08. The van der Waals surface area contributed by atoms with Crippen molar-refractivity contribution in [2.45, 2.75) is 69.7 Å². The van der Waals surface area contributed by atoms with Crippen LogP contribution in [0, 0.1) is 17.8 Å². The summed E-state index contributed by atoms with van der Waals surface area (Å²) in [5, 5.41) is 3.42. The van der Waals surface area contributed by atoms with Crippen molar-refractivity contribution in [3.8, 4) is 11.5 Å². The van der Waals surface area contributed by atoms with Gasteiger partial charge in [-0.2, -0.15) is 0 Å². The van der Waals surface area contributed by atoms with Crippen molar-refractivity contribution in [3.05, 3.63) is 59.7 Å². The molecule has 2 aliphatic heterocycles. The average Bonchev–Trinajstić information content (AvgIpc) is 2.88. The van der Waals surface area contributed by atoms with Crippen molar-refractivity contribution >= 4 is 5.91 Å². The molecule has 2 aromatic rings. The van der Waals surface area contributed by atoms with Crippen LogP contribution in [0.25, 0.3) is 0 Å². The Morgan fingerprint density at radius 2 is 1.47 bits per heavy atom. The number of benzene rings is 2. The monoisotopic (exact) mass is 458 g/mol. The maximum Gasteiger partial charge on any atom is 0.232 e. The lowest BCUT2D eigenvalue weighted by molar-refractivity contribution is -0.122. The summed E-state index contributed by atoms with van der Waals surface area (Å²) in [7, 11) is 0. The highest BCUT2D eigenvalue weighted by Gasteiger charge is 2.37. The van der Waals surface area contributed by atoms with E-state index in [-0.39, 0.29) is 17.9 Å². The van der Waals surface area contributed by atoms with Crippen molar-refractivity contribution in [2.75, 3.05) is 19.6 Å². The van der Waals surface area contributed by atoms with Gasteiger partial charge in [-0.15, -0.1) is 0 Å². The summed E-state index contributed by atoms with van der Waals surface area (Å²) >= 11 is 0. The number of nitrogens with one attached hydrogen (secondary N) is 1. The summed E-state index contributed by atoms with van der Waals surface area (Å²) in [6.07, 6.45) is 12.3. The molecule has 2 heterocycles. The molecular formula is C30H38N2O2. The summed E-state index contributed by atoms with van der Waals surface area (Å²) in [6, 6.07) is 16.2. The van der Waals surface area contributed by atoms with Crippen LogP contribution >= 0.6 is 0 Å². The van der Waals surface area contributed by atoms with Crippen LogP contribution in [0.2, 0.25) is 0 Å². The molecule has 1 saturated heterocycles. The molecule has 3 fully saturated rings. The van der Waals surface area contributed by atoms with E-state index < -0.39 is 0 Å². The SMILES string of the molecule is O=C(NC1CCN(CC2CCCC3CCCCC32)CC1)C1c2ccccc2Oc2ccccc21. The van der Waals surface area contributed by atoms with Crippen LogP contribution in [0.3, 0.4) is 0 Å². The van der Waals surface area contributed by atoms with E-state index in [9.17, 15) is 4.79 Å². The molecule has 4 heteroatoms. The number of piperidine rings is 1. The fraction of sp³-hybridized carbons (Fsp3) is 0.567. The largest absolute Gasteiger partial charge is 0.457 e. The number of carbonyl (C=O) groups excluding carboxylic acids is 1. The summed E-state index contributed by atoms with van der Waals surface area (Å²) in [6.45, 7) is 3.50. The fourth-order valence-corrected chi connectivity index (χ4v) is 7.37. The van der Waals surface area contributed by atoms with E-state index in [1.165, 1.54) is 51.5 Å². The van der Waals surface area contributed by atoms with Gasteiger partial charge in [-0.25, -0.2) is 0 Å². The zero-order valence-electron chi connectivity index (χ0n) is 20.3. The van der Waals surface area contributed by atoms with E-state index in [4.69, 9.17) is 4.74 Å². The Morgan fingerprint density at radius 1 is 0.824 bits per heavy atom. The van der Waals surface area contributed by atoms with Gasteiger partial charge in [0.15, 0.2) is 0 Å². The Balaban J connectivity index is 1.08. The molecule has 2 saturated carbocycles. The van der Waals surface area contributed by atoms with Crippen molar-refractivity contribution in [2.24, 2.45) is 17.8 Å². The highest BCUT2D eigenvalue weighted by atomic mass is 16.5. The van der Waals surface area contributed by atoms with Gasteiger partial charge < -0.3 is 15.0 Å². The zero-order valence-corrected chi connectivity index (χ0v) is 20.3. The lowest BCUT2D eigenvalue weighted by Crippen LogP contribution is -2.48. The number of hydrogen-bond acceptors (Lipinski definition) is 3. The molecule has 0 spiro atoms. The molecule has 3 unspecified atom stereocenters. The minimum Gasteiger partial charge on any atom is -0.457 e.